The molecule has 5 nitrogen and oxygen atoms in total. The van der Waals surface area contributed by atoms with E-state index in [9.17, 15) is 0 Å². The number of nitrogens with zero attached hydrogens (tertiary/aromatic N) is 3. The van der Waals surface area contributed by atoms with Gasteiger partial charge in [-0.2, -0.15) is 0 Å². The third-order valence-electron chi connectivity index (χ3n) is 4.90. The number of hydrogen-bond acceptors (Lipinski definition) is 2. The number of aromatic nitrogens is 2. The van der Waals surface area contributed by atoms with Crippen LogP contribution in [0.15, 0.2) is 72.2 Å². The molecule has 0 saturated heterocycles. The minimum Gasteiger partial charge on any atom is -0.357 e. The zero-order chi connectivity index (χ0) is 20.5. The maximum Gasteiger partial charge on any atom is 0.191 e. The summed E-state index contributed by atoms with van der Waals surface area (Å²) in [5.41, 5.74) is 5.08. The number of halogens is 1. The summed E-state index contributed by atoms with van der Waals surface area (Å²) in [4.78, 5) is 8.88. The first kappa shape index (κ1) is 23.9. The number of guanidine groups is 1. The van der Waals surface area contributed by atoms with Crippen LogP contribution in [-0.2, 0) is 13.1 Å². The maximum absolute atomic E-state index is 4.78. The van der Waals surface area contributed by atoms with E-state index >= 15 is 0 Å². The summed E-state index contributed by atoms with van der Waals surface area (Å²) < 4.78 is 2.07. The summed E-state index contributed by atoms with van der Waals surface area (Å²) in [5.74, 6) is 1.27. The molecule has 1 aromatic heterocycles. The molecule has 0 amide bonds. The maximum atomic E-state index is 4.78. The van der Waals surface area contributed by atoms with E-state index in [1.165, 1.54) is 22.3 Å². The molecule has 1 atom stereocenters. The van der Waals surface area contributed by atoms with Crippen molar-refractivity contribution in [3.63, 3.8) is 0 Å². The van der Waals surface area contributed by atoms with Gasteiger partial charge in [-0.15, -0.1) is 24.0 Å². The molecular weight excluding hydrogens is 485 g/mol. The van der Waals surface area contributed by atoms with Crippen molar-refractivity contribution in [1.29, 1.82) is 0 Å². The zero-order valence-corrected chi connectivity index (χ0v) is 20.3. The minimum absolute atomic E-state index is 0. The van der Waals surface area contributed by atoms with E-state index in [4.69, 9.17) is 4.99 Å². The van der Waals surface area contributed by atoms with Crippen LogP contribution in [0.3, 0.4) is 0 Å². The first-order valence-corrected chi connectivity index (χ1v) is 10.3. The van der Waals surface area contributed by atoms with Crippen LogP contribution < -0.4 is 10.6 Å². The number of aryl methyl sites for hydroxylation is 1. The van der Waals surface area contributed by atoms with Gasteiger partial charge in [0.1, 0.15) is 0 Å². The summed E-state index contributed by atoms with van der Waals surface area (Å²) in [6, 6.07) is 17.3. The molecule has 0 fully saturated rings. The van der Waals surface area contributed by atoms with Gasteiger partial charge in [0.2, 0.25) is 0 Å². The molecule has 0 bridgehead atoms. The highest BCUT2D eigenvalue weighted by Crippen LogP contribution is 2.14. The van der Waals surface area contributed by atoms with E-state index in [0.717, 1.165) is 25.6 Å². The molecule has 160 valence electrons. The molecule has 3 aromatic rings. The van der Waals surface area contributed by atoms with Crippen LogP contribution in [0.4, 0.5) is 0 Å². The molecule has 3 rings (SSSR count). The minimum atomic E-state index is 0. The van der Waals surface area contributed by atoms with Gasteiger partial charge in [0.15, 0.2) is 5.96 Å². The summed E-state index contributed by atoms with van der Waals surface area (Å²) in [5, 5.41) is 6.83. The standard InChI is InChI=1S/C24H31N5.HI/c1-4-26-24(27-15-20(3)23-10-8-19(2)9-11-23)28-16-21-6-5-7-22(14-21)17-29-13-12-25-18-29;/h5-14,18,20H,4,15-17H2,1-3H3,(H2,26,27,28);1H. The number of hydrogen-bond donors (Lipinski definition) is 2. The van der Waals surface area contributed by atoms with Crippen LogP contribution in [0, 0.1) is 6.92 Å². The van der Waals surface area contributed by atoms with E-state index in [1.54, 1.807) is 6.20 Å². The van der Waals surface area contributed by atoms with Crippen LogP contribution in [-0.4, -0.2) is 28.6 Å². The van der Waals surface area contributed by atoms with Crippen LogP contribution in [0.25, 0.3) is 0 Å². The highest BCUT2D eigenvalue weighted by molar-refractivity contribution is 14.0. The van der Waals surface area contributed by atoms with Gasteiger partial charge in [0.05, 0.1) is 12.9 Å². The predicted molar refractivity (Wildman–Crippen MR) is 136 cm³/mol. The van der Waals surface area contributed by atoms with Crippen molar-refractivity contribution in [1.82, 2.24) is 20.2 Å². The van der Waals surface area contributed by atoms with Gasteiger partial charge < -0.3 is 15.2 Å². The number of imidazole rings is 1. The second-order valence-corrected chi connectivity index (χ2v) is 7.44. The lowest BCUT2D eigenvalue weighted by Gasteiger charge is -2.16. The first-order chi connectivity index (χ1) is 14.1. The van der Waals surface area contributed by atoms with Crippen molar-refractivity contribution >= 4 is 29.9 Å². The van der Waals surface area contributed by atoms with Crippen molar-refractivity contribution in [2.24, 2.45) is 4.99 Å². The van der Waals surface area contributed by atoms with Gasteiger partial charge in [-0.05, 0) is 36.5 Å². The van der Waals surface area contributed by atoms with Crippen LogP contribution in [0.1, 0.15) is 42.0 Å². The van der Waals surface area contributed by atoms with E-state index < -0.39 is 0 Å². The lowest BCUT2D eigenvalue weighted by atomic mass is 10.0. The monoisotopic (exact) mass is 517 g/mol. The second kappa shape index (κ2) is 12.4. The highest BCUT2D eigenvalue weighted by Gasteiger charge is 2.07. The van der Waals surface area contributed by atoms with E-state index in [-0.39, 0.29) is 24.0 Å². The molecule has 0 aliphatic heterocycles. The van der Waals surface area contributed by atoms with Gasteiger partial charge in [-0.1, -0.05) is 61.0 Å². The molecule has 1 heterocycles. The van der Waals surface area contributed by atoms with E-state index in [2.05, 4.69) is 89.5 Å². The Labute approximate surface area is 197 Å². The van der Waals surface area contributed by atoms with Gasteiger partial charge in [-0.25, -0.2) is 9.98 Å². The Morgan fingerprint density at radius 2 is 1.87 bits per heavy atom. The zero-order valence-electron chi connectivity index (χ0n) is 18.0. The fraction of sp³-hybridized carbons (Fsp3) is 0.333. The van der Waals surface area contributed by atoms with E-state index in [1.807, 2.05) is 12.5 Å². The predicted octanol–water partition coefficient (Wildman–Crippen LogP) is 4.72. The molecule has 0 aliphatic carbocycles. The fourth-order valence-electron chi connectivity index (χ4n) is 3.19. The number of nitrogens with one attached hydrogen (secondary N) is 2. The molecule has 0 saturated carbocycles. The Morgan fingerprint density at radius 3 is 2.57 bits per heavy atom. The van der Waals surface area contributed by atoms with Crippen molar-refractivity contribution in [2.45, 2.75) is 39.8 Å². The molecule has 30 heavy (non-hydrogen) atoms. The largest absolute Gasteiger partial charge is 0.357 e. The molecule has 0 aliphatic rings. The normalized spacial score (nSPS) is 12.2. The third-order valence-corrected chi connectivity index (χ3v) is 4.90. The van der Waals surface area contributed by atoms with Crippen molar-refractivity contribution in [2.75, 3.05) is 13.1 Å². The molecule has 1 unspecified atom stereocenters. The Hall–Kier alpha value is -2.35. The molecule has 0 spiro atoms. The van der Waals surface area contributed by atoms with Crippen LogP contribution in [0.2, 0.25) is 0 Å². The van der Waals surface area contributed by atoms with Crippen LogP contribution in [0.5, 0.6) is 0 Å². The lowest BCUT2D eigenvalue weighted by molar-refractivity contribution is 0.699. The Bertz CT molecular complexity index is 904. The Balaban J connectivity index is 0.00000320. The summed E-state index contributed by atoms with van der Waals surface area (Å²) in [6.45, 7) is 9.59. The van der Waals surface area contributed by atoms with Gasteiger partial charge in [0, 0.05) is 32.0 Å². The lowest BCUT2D eigenvalue weighted by Crippen LogP contribution is -2.39. The molecule has 6 heteroatoms. The van der Waals surface area contributed by atoms with Crippen molar-refractivity contribution in [3.05, 3.63) is 89.5 Å². The summed E-state index contributed by atoms with van der Waals surface area (Å²) in [7, 11) is 0. The van der Waals surface area contributed by atoms with Gasteiger partial charge in [-0.3, -0.25) is 0 Å². The topological polar surface area (TPSA) is 54.2 Å². The fourth-order valence-corrected chi connectivity index (χ4v) is 3.19. The Morgan fingerprint density at radius 1 is 1.10 bits per heavy atom. The average Bonchev–Trinajstić information content (AvgIpc) is 3.23. The summed E-state index contributed by atoms with van der Waals surface area (Å²) >= 11 is 0. The molecule has 2 aromatic carbocycles. The first-order valence-electron chi connectivity index (χ1n) is 10.3. The van der Waals surface area contributed by atoms with Gasteiger partial charge >= 0.3 is 0 Å². The van der Waals surface area contributed by atoms with Crippen molar-refractivity contribution < 1.29 is 0 Å². The average molecular weight is 517 g/mol. The number of aliphatic imine (C=N–C) groups is 1. The van der Waals surface area contributed by atoms with Crippen LogP contribution >= 0.6 is 24.0 Å². The second-order valence-electron chi connectivity index (χ2n) is 7.44. The number of benzene rings is 2. The molecule has 0 radical (unpaired) electrons. The number of rotatable bonds is 8. The summed E-state index contributed by atoms with van der Waals surface area (Å²) in [6.07, 6.45) is 5.63. The third kappa shape index (κ3) is 7.48. The Kier molecular flexibility index (Phi) is 9.86. The smallest absolute Gasteiger partial charge is 0.191 e. The molecular formula is C24H32IN5. The highest BCUT2D eigenvalue weighted by atomic mass is 127. The SMILES string of the molecule is CCNC(=NCc1cccc(Cn2ccnc2)c1)NCC(C)c1ccc(C)cc1.I. The van der Waals surface area contributed by atoms with Gasteiger partial charge in [0.25, 0.3) is 0 Å². The van der Waals surface area contributed by atoms with E-state index in [0.29, 0.717) is 12.5 Å². The quantitative estimate of drug-likeness (QED) is 0.259. The molecule has 2 N–H and O–H groups in total. The van der Waals surface area contributed by atoms with Crippen molar-refractivity contribution in [3.8, 4) is 0 Å².